The number of nitrogens with two attached hydrogens (primary N) is 1. The SMILES string of the molecule is COc1cc(N)c(Cl)cc1C(=O)CCC1CCN(CCCNS(C)(=O)=O)CC1.Cl. The maximum Gasteiger partial charge on any atom is 0.208 e. The number of ketones is 1. The third kappa shape index (κ3) is 8.68. The summed E-state index contributed by atoms with van der Waals surface area (Å²) < 4.78 is 29.9. The molecule has 1 aromatic carbocycles. The Labute approximate surface area is 184 Å². The van der Waals surface area contributed by atoms with Crippen molar-refractivity contribution >= 4 is 45.5 Å². The van der Waals surface area contributed by atoms with Crippen molar-refractivity contribution in [2.45, 2.75) is 32.1 Å². The molecule has 1 aliphatic rings. The second-order valence-corrected chi connectivity index (χ2v) is 9.58. The third-order valence-corrected chi connectivity index (χ3v) is 6.18. The van der Waals surface area contributed by atoms with Crippen LogP contribution in [0.15, 0.2) is 12.1 Å². The molecule has 0 aliphatic carbocycles. The van der Waals surface area contributed by atoms with E-state index >= 15 is 0 Å². The van der Waals surface area contributed by atoms with Crippen LogP contribution in [0.25, 0.3) is 0 Å². The number of Topliss-reactive ketones (excluding diaryl/α,β-unsaturated/α-hetero) is 1. The molecule has 166 valence electrons. The highest BCUT2D eigenvalue weighted by Gasteiger charge is 2.21. The van der Waals surface area contributed by atoms with Crippen LogP contribution in [0.5, 0.6) is 5.75 Å². The quantitative estimate of drug-likeness (QED) is 0.311. The van der Waals surface area contributed by atoms with E-state index < -0.39 is 10.0 Å². The van der Waals surface area contributed by atoms with Gasteiger partial charge in [-0.3, -0.25) is 4.79 Å². The number of rotatable bonds is 10. The summed E-state index contributed by atoms with van der Waals surface area (Å²) >= 11 is 6.05. The van der Waals surface area contributed by atoms with E-state index in [2.05, 4.69) is 9.62 Å². The fraction of sp³-hybridized carbons (Fsp3) is 0.632. The van der Waals surface area contributed by atoms with Crippen LogP contribution in [-0.2, 0) is 10.0 Å². The first kappa shape index (κ1) is 26.0. The van der Waals surface area contributed by atoms with Gasteiger partial charge in [0.15, 0.2) is 5.78 Å². The van der Waals surface area contributed by atoms with Gasteiger partial charge in [0.05, 0.1) is 29.6 Å². The topological polar surface area (TPSA) is 102 Å². The molecule has 1 heterocycles. The van der Waals surface area contributed by atoms with E-state index in [1.807, 2.05) is 0 Å². The Morgan fingerprint density at radius 1 is 1.34 bits per heavy atom. The van der Waals surface area contributed by atoms with Gasteiger partial charge in [-0.1, -0.05) is 11.6 Å². The summed E-state index contributed by atoms with van der Waals surface area (Å²) in [6.45, 7) is 3.32. The number of nitrogens with one attached hydrogen (secondary N) is 1. The number of benzene rings is 1. The lowest BCUT2D eigenvalue weighted by molar-refractivity contribution is 0.0959. The van der Waals surface area contributed by atoms with Gasteiger partial charge in [-0.05, 0) is 57.3 Å². The number of carbonyl (C=O) groups excluding carboxylic acids is 1. The van der Waals surface area contributed by atoms with Gasteiger partial charge >= 0.3 is 0 Å². The van der Waals surface area contributed by atoms with E-state index in [0.29, 0.717) is 40.9 Å². The van der Waals surface area contributed by atoms with Crippen LogP contribution in [0.3, 0.4) is 0 Å². The molecule has 0 aromatic heterocycles. The first-order valence-electron chi connectivity index (χ1n) is 9.53. The molecule has 10 heteroatoms. The molecule has 7 nitrogen and oxygen atoms in total. The fourth-order valence-electron chi connectivity index (χ4n) is 3.48. The number of nitrogens with zero attached hydrogens (tertiary/aromatic N) is 1. The molecule has 0 bridgehead atoms. The molecule has 0 radical (unpaired) electrons. The molecule has 1 fully saturated rings. The molecule has 0 spiro atoms. The van der Waals surface area contributed by atoms with Crippen LogP contribution in [0.1, 0.15) is 42.5 Å². The van der Waals surface area contributed by atoms with Crippen molar-refractivity contribution in [3.63, 3.8) is 0 Å². The average molecular weight is 468 g/mol. The number of likely N-dealkylation sites (tertiary alicyclic amines) is 1. The molecule has 0 unspecified atom stereocenters. The van der Waals surface area contributed by atoms with Gasteiger partial charge in [0.25, 0.3) is 0 Å². The van der Waals surface area contributed by atoms with Gasteiger partial charge in [-0.25, -0.2) is 13.1 Å². The Morgan fingerprint density at radius 3 is 2.59 bits per heavy atom. The fourth-order valence-corrected chi connectivity index (χ4v) is 4.16. The zero-order valence-corrected chi connectivity index (χ0v) is 19.3. The highest BCUT2D eigenvalue weighted by Crippen LogP contribution is 2.31. The molecule has 0 atom stereocenters. The summed E-state index contributed by atoms with van der Waals surface area (Å²) in [7, 11) is -1.59. The molecule has 29 heavy (non-hydrogen) atoms. The number of carbonyl (C=O) groups is 1. The lowest BCUT2D eigenvalue weighted by Gasteiger charge is -2.31. The minimum Gasteiger partial charge on any atom is -0.496 e. The van der Waals surface area contributed by atoms with E-state index in [-0.39, 0.29) is 18.2 Å². The van der Waals surface area contributed by atoms with Crippen molar-refractivity contribution in [1.82, 2.24) is 9.62 Å². The van der Waals surface area contributed by atoms with Crippen molar-refractivity contribution < 1.29 is 17.9 Å². The summed E-state index contributed by atoms with van der Waals surface area (Å²) in [6, 6.07) is 3.18. The molecule has 0 amide bonds. The number of hydrogen-bond acceptors (Lipinski definition) is 6. The predicted octanol–water partition coefficient (Wildman–Crippen LogP) is 2.97. The Bertz CT molecular complexity index is 782. The van der Waals surface area contributed by atoms with E-state index in [0.717, 1.165) is 45.3 Å². The Balaban J connectivity index is 0.00000420. The summed E-state index contributed by atoms with van der Waals surface area (Å²) in [5.41, 5.74) is 6.65. The van der Waals surface area contributed by atoms with E-state index in [9.17, 15) is 13.2 Å². The number of methoxy groups -OCH3 is 1. The van der Waals surface area contributed by atoms with Crippen molar-refractivity contribution in [3.8, 4) is 5.75 Å². The number of hydrogen-bond donors (Lipinski definition) is 2. The normalized spacial score (nSPS) is 15.7. The van der Waals surface area contributed by atoms with Gasteiger partial charge in [0.2, 0.25) is 10.0 Å². The second kappa shape index (κ2) is 12.0. The molecule has 0 saturated carbocycles. The average Bonchev–Trinajstić information content (AvgIpc) is 2.65. The molecule has 1 aliphatic heterocycles. The number of sulfonamides is 1. The summed E-state index contributed by atoms with van der Waals surface area (Å²) in [5.74, 6) is 1.00. The van der Waals surface area contributed by atoms with Crippen LogP contribution in [0.2, 0.25) is 5.02 Å². The zero-order valence-electron chi connectivity index (χ0n) is 16.9. The molecule has 3 N–H and O–H groups in total. The number of anilines is 1. The minimum absolute atomic E-state index is 0. The van der Waals surface area contributed by atoms with Gasteiger partial charge < -0.3 is 15.4 Å². The van der Waals surface area contributed by atoms with Crippen molar-refractivity contribution in [2.24, 2.45) is 5.92 Å². The van der Waals surface area contributed by atoms with E-state index in [4.69, 9.17) is 22.1 Å². The summed E-state index contributed by atoms with van der Waals surface area (Å²) in [6.07, 6.45) is 5.37. The van der Waals surface area contributed by atoms with Gasteiger partial charge in [0, 0.05) is 19.0 Å². The Hall–Kier alpha value is -1.06. The van der Waals surface area contributed by atoms with Crippen LogP contribution in [0.4, 0.5) is 5.69 Å². The molecular weight excluding hydrogens is 437 g/mol. The lowest BCUT2D eigenvalue weighted by Crippen LogP contribution is -2.36. The number of halogens is 2. The molecule has 2 rings (SSSR count). The zero-order chi connectivity index (χ0) is 20.7. The van der Waals surface area contributed by atoms with Crippen LogP contribution >= 0.6 is 24.0 Å². The third-order valence-electron chi connectivity index (χ3n) is 5.12. The van der Waals surface area contributed by atoms with Crippen molar-refractivity contribution in [1.29, 1.82) is 0 Å². The standard InChI is InChI=1S/C19H30ClN3O4S.ClH/c1-27-19-13-17(21)16(20)12-15(19)18(24)5-4-14-6-10-23(11-7-14)9-3-8-22-28(2,25)26;/h12-14,22H,3-11,21H2,1-2H3;1H. The first-order chi connectivity index (χ1) is 13.2. The van der Waals surface area contributed by atoms with Crippen LogP contribution in [-0.4, -0.2) is 58.6 Å². The second-order valence-electron chi connectivity index (χ2n) is 7.34. The number of ether oxygens (including phenoxy) is 1. The highest BCUT2D eigenvalue weighted by atomic mass is 35.5. The predicted molar refractivity (Wildman–Crippen MR) is 120 cm³/mol. The van der Waals surface area contributed by atoms with Crippen LogP contribution in [0, 0.1) is 5.92 Å². The van der Waals surface area contributed by atoms with Gasteiger partial charge in [-0.2, -0.15) is 0 Å². The smallest absolute Gasteiger partial charge is 0.208 e. The van der Waals surface area contributed by atoms with E-state index in [1.165, 1.54) is 13.4 Å². The van der Waals surface area contributed by atoms with E-state index in [1.54, 1.807) is 12.1 Å². The monoisotopic (exact) mass is 467 g/mol. The maximum absolute atomic E-state index is 12.6. The minimum atomic E-state index is -3.11. The van der Waals surface area contributed by atoms with Crippen LogP contribution < -0.4 is 15.2 Å². The number of piperidine rings is 1. The first-order valence-corrected chi connectivity index (χ1v) is 11.8. The Morgan fingerprint density at radius 2 is 2.00 bits per heavy atom. The van der Waals surface area contributed by atoms with Gasteiger partial charge in [0.1, 0.15) is 5.75 Å². The summed E-state index contributed by atoms with van der Waals surface area (Å²) in [4.78, 5) is 15.0. The van der Waals surface area contributed by atoms with Gasteiger partial charge in [-0.15, -0.1) is 12.4 Å². The maximum atomic E-state index is 12.6. The lowest BCUT2D eigenvalue weighted by atomic mass is 9.90. The van der Waals surface area contributed by atoms with Crippen molar-refractivity contribution in [3.05, 3.63) is 22.7 Å². The summed E-state index contributed by atoms with van der Waals surface area (Å²) in [5, 5.41) is 0.364. The highest BCUT2D eigenvalue weighted by molar-refractivity contribution is 7.88. The number of nitrogen functional groups attached to an aromatic ring is 1. The largest absolute Gasteiger partial charge is 0.496 e. The molecular formula is C19H31Cl2N3O4S. The van der Waals surface area contributed by atoms with Crippen molar-refractivity contribution in [2.75, 3.05) is 45.3 Å². The molecule has 1 saturated heterocycles. The Kier molecular flexibility index (Phi) is 10.7. The molecule has 1 aromatic rings.